The van der Waals surface area contributed by atoms with E-state index in [1.807, 2.05) is 6.92 Å². The molecule has 0 aliphatic rings. The molecule has 0 saturated heterocycles. The van der Waals surface area contributed by atoms with E-state index < -0.39 is 29.0 Å². The lowest BCUT2D eigenvalue weighted by Gasteiger charge is -2.28. The number of hydrogen-bond donors (Lipinski definition) is 3. The Morgan fingerprint density at radius 1 is 1.38 bits per heavy atom. The fourth-order valence-electron chi connectivity index (χ4n) is 2.00. The molecule has 21 heavy (non-hydrogen) atoms. The Bertz CT molecular complexity index is 488. The first-order chi connectivity index (χ1) is 9.85. The summed E-state index contributed by atoms with van der Waals surface area (Å²) in [6, 6.07) is 1.26. The van der Waals surface area contributed by atoms with Crippen LogP contribution < -0.4 is 15.4 Å². The van der Waals surface area contributed by atoms with Gasteiger partial charge in [0.25, 0.3) is 0 Å². The molecule has 0 aliphatic carbocycles. The Morgan fingerprint density at radius 2 is 1.95 bits per heavy atom. The van der Waals surface area contributed by atoms with Crippen molar-refractivity contribution >= 4 is 11.7 Å². The second-order valence-electron chi connectivity index (χ2n) is 5.02. The van der Waals surface area contributed by atoms with Gasteiger partial charge in [0.2, 0.25) is 0 Å². The van der Waals surface area contributed by atoms with E-state index in [0.29, 0.717) is 6.42 Å². The first-order valence-electron chi connectivity index (χ1n) is 6.58. The summed E-state index contributed by atoms with van der Waals surface area (Å²) >= 11 is 0. The lowest BCUT2D eigenvalue weighted by molar-refractivity contribution is 0.167. The minimum Gasteiger partial charge on any atom is -0.491 e. The highest BCUT2D eigenvalue weighted by Crippen LogP contribution is 2.25. The molecule has 1 aromatic carbocycles. The number of halogens is 2. The van der Waals surface area contributed by atoms with Gasteiger partial charge in [-0.1, -0.05) is 13.3 Å². The van der Waals surface area contributed by atoms with Crippen molar-refractivity contribution in [2.75, 3.05) is 19.0 Å². The largest absolute Gasteiger partial charge is 0.491 e. The van der Waals surface area contributed by atoms with Gasteiger partial charge in [-0.15, -0.1) is 0 Å². The van der Waals surface area contributed by atoms with Crippen LogP contribution in [-0.2, 0) is 0 Å². The zero-order valence-corrected chi connectivity index (χ0v) is 12.3. The highest BCUT2D eigenvalue weighted by atomic mass is 19.1. The highest BCUT2D eigenvalue weighted by Gasteiger charge is 2.24. The van der Waals surface area contributed by atoms with E-state index >= 15 is 0 Å². The zero-order valence-electron chi connectivity index (χ0n) is 12.3. The van der Waals surface area contributed by atoms with Gasteiger partial charge < -0.3 is 20.5 Å². The van der Waals surface area contributed by atoms with Crippen molar-refractivity contribution in [2.45, 2.75) is 32.2 Å². The van der Waals surface area contributed by atoms with Crippen LogP contribution in [0.2, 0.25) is 0 Å². The number of methoxy groups -OCH3 is 1. The van der Waals surface area contributed by atoms with E-state index in [9.17, 15) is 18.7 Å². The molecule has 0 spiro atoms. The molecule has 1 aromatic rings. The molecule has 0 fully saturated rings. The number of carbonyl (C=O) groups excluding carboxylic acids is 1. The third kappa shape index (κ3) is 4.56. The van der Waals surface area contributed by atoms with E-state index in [1.165, 1.54) is 0 Å². The van der Waals surface area contributed by atoms with Gasteiger partial charge in [-0.05, 0) is 13.3 Å². The van der Waals surface area contributed by atoms with Crippen molar-refractivity contribution in [3.8, 4) is 5.75 Å². The van der Waals surface area contributed by atoms with E-state index in [2.05, 4.69) is 15.4 Å². The number of anilines is 1. The van der Waals surface area contributed by atoms with Gasteiger partial charge in [0, 0.05) is 17.8 Å². The van der Waals surface area contributed by atoms with Crippen molar-refractivity contribution in [1.29, 1.82) is 0 Å². The number of benzene rings is 1. The van der Waals surface area contributed by atoms with Crippen molar-refractivity contribution < 1.29 is 23.4 Å². The molecule has 0 aliphatic heterocycles. The van der Waals surface area contributed by atoms with Crippen molar-refractivity contribution in [3.63, 3.8) is 0 Å². The summed E-state index contributed by atoms with van der Waals surface area (Å²) in [5, 5.41) is 14.2. The van der Waals surface area contributed by atoms with Gasteiger partial charge in [0.15, 0.2) is 17.4 Å². The third-order valence-electron chi connectivity index (χ3n) is 3.03. The lowest BCUT2D eigenvalue weighted by atomic mass is 9.98. The SMILES string of the molecule is CCCC(C)(CO)NC(=O)Nc1cc(F)c(OC)c(F)c1. The van der Waals surface area contributed by atoms with Crippen molar-refractivity contribution in [2.24, 2.45) is 0 Å². The monoisotopic (exact) mass is 302 g/mol. The molecule has 1 unspecified atom stereocenters. The Morgan fingerprint density at radius 3 is 2.38 bits per heavy atom. The zero-order chi connectivity index (χ0) is 16.0. The van der Waals surface area contributed by atoms with Gasteiger partial charge in [-0.25, -0.2) is 13.6 Å². The van der Waals surface area contributed by atoms with E-state index in [0.717, 1.165) is 25.7 Å². The van der Waals surface area contributed by atoms with Crippen molar-refractivity contribution in [1.82, 2.24) is 5.32 Å². The van der Waals surface area contributed by atoms with Gasteiger partial charge in [0.1, 0.15) is 0 Å². The quantitative estimate of drug-likeness (QED) is 0.756. The number of hydrogen-bond acceptors (Lipinski definition) is 3. The number of carbonyl (C=O) groups is 1. The number of aliphatic hydroxyl groups excluding tert-OH is 1. The van der Waals surface area contributed by atoms with Gasteiger partial charge in [0.05, 0.1) is 19.3 Å². The predicted molar refractivity (Wildman–Crippen MR) is 75.5 cm³/mol. The maximum absolute atomic E-state index is 13.5. The van der Waals surface area contributed by atoms with E-state index in [-0.39, 0.29) is 12.3 Å². The standard InChI is InChI=1S/C14H20F2N2O3/c1-4-5-14(2,8-19)18-13(20)17-9-6-10(15)12(21-3)11(16)7-9/h6-7,19H,4-5,8H2,1-3H3,(H2,17,18,20). The summed E-state index contributed by atoms with van der Waals surface area (Å²) in [6.07, 6.45) is 1.34. The van der Waals surface area contributed by atoms with Crippen LogP contribution >= 0.6 is 0 Å². The Labute approximate surface area is 122 Å². The highest BCUT2D eigenvalue weighted by molar-refractivity contribution is 5.89. The van der Waals surface area contributed by atoms with Crippen LogP contribution in [0.25, 0.3) is 0 Å². The Kier molecular flexibility index (Phi) is 5.90. The first kappa shape index (κ1) is 17.2. The minimum atomic E-state index is -0.911. The van der Waals surface area contributed by atoms with E-state index in [4.69, 9.17) is 0 Å². The molecule has 1 rings (SSSR count). The van der Waals surface area contributed by atoms with Crippen LogP contribution in [0.1, 0.15) is 26.7 Å². The maximum atomic E-state index is 13.5. The van der Waals surface area contributed by atoms with Gasteiger partial charge in [-0.3, -0.25) is 0 Å². The smallest absolute Gasteiger partial charge is 0.319 e. The molecule has 0 bridgehead atoms. The fraction of sp³-hybridized carbons (Fsp3) is 0.500. The molecule has 118 valence electrons. The second-order valence-corrected chi connectivity index (χ2v) is 5.02. The molecule has 0 saturated carbocycles. The Hall–Kier alpha value is -1.89. The van der Waals surface area contributed by atoms with Gasteiger partial charge >= 0.3 is 6.03 Å². The molecule has 5 nitrogen and oxygen atoms in total. The summed E-state index contributed by atoms with van der Waals surface area (Å²) in [7, 11) is 1.15. The molecule has 2 amide bonds. The summed E-state index contributed by atoms with van der Waals surface area (Å²) < 4.78 is 31.6. The van der Waals surface area contributed by atoms with Crippen LogP contribution in [0, 0.1) is 11.6 Å². The molecule has 0 heterocycles. The molecular weight excluding hydrogens is 282 g/mol. The number of amides is 2. The number of ether oxygens (including phenoxy) is 1. The number of urea groups is 1. The molecule has 3 N–H and O–H groups in total. The summed E-state index contributed by atoms with van der Waals surface area (Å²) in [5.41, 5.74) is -0.831. The molecule has 0 aromatic heterocycles. The molecular formula is C14H20F2N2O3. The van der Waals surface area contributed by atoms with Crippen LogP contribution in [0.4, 0.5) is 19.3 Å². The average Bonchev–Trinajstić information content (AvgIpc) is 2.38. The number of aliphatic hydroxyl groups is 1. The first-order valence-corrected chi connectivity index (χ1v) is 6.58. The minimum absolute atomic E-state index is 0.0416. The normalized spacial score (nSPS) is 13.4. The van der Waals surface area contributed by atoms with Crippen LogP contribution in [0.15, 0.2) is 12.1 Å². The number of nitrogens with one attached hydrogen (secondary N) is 2. The molecule has 7 heteroatoms. The van der Waals surface area contributed by atoms with E-state index in [1.54, 1.807) is 6.92 Å². The number of rotatable bonds is 6. The summed E-state index contributed by atoms with van der Waals surface area (Å²) in [6.45, 7) is 3.37. The lowest BCUT2D eigenvalue weighted by Crippen LogP contribution is -2.50. The summed E-state index contributed by atoms with van der Waals surface area (Å²) in [4.78, 5) is 11.8. The van der Waals surface area contributed by atoms with Crippen LogP contribution in [0.5, 0.6) is 5.75 Å². The van der Waals surface area contributed by atoms with Crippen molar-refractivity contribution in [3.05, 3.63) is 23.8 Å². The van der Waals surface area contributed by atoms with Gasteiger partial charge in [-0.2, -0.15) is 0 Å². The maximum Gasteiger partial charge on any atom is 0.319 e. The fourth-order valence-corrected chi connectivity index (χ4v) is 2.00. The molecule has 0 radical (unpaired) electrons. The van der Waals surface area contributed by atoms with Crippen LogP contribution in [-0.4, -0.2) is 30.4 Å². The topological polar surface area (TPSA) is 70.6 Å². The predicted octanol–water partition coefficient (Wildman–Crippen LogP) is 2.65. The van der Waals surface area contributed by atoms with Crippen LogP contribution in [0.3, 0.4) is 0 Å². The second kappa shape index (κ2) is 7.21. The molecule has 1 atom stereocenters. The summed E-state index contributed by atoms with van der Waals surface area (Å²) in [5.74, 6) is -2.33. The average molecular weight is 302 g/mol. The third-order valence-corrected chi connectivity index (χ3v) is 3.03. The Balaban J connectivity index is 2.80.